The summed E-state index contributed by atoms with van der Waals surface area (Å²) in [4.78, 5) is 11.8. The lowest BCUT2D eigenvalue weighted by molar-refractivity contribution is -0.137. The predicted molar refractivity (Wildman–Crippen MR) is 97.4 cm³/mol. The molecule has 2 rings (SSSR count). The van der Waals surface area contributed by atoms with Gasteiger partial charge in [-0.15, -0.1) is 6.58 Å². The van der Waals surface area contributed by atoms with E-state index in [1.54, 1.807) is 6.08 Å². The first kappa shape index (κ1) is 19.2. The molecule has 2 aliphatic rings. The van der Waals surface area contributed by atoms with E-state index in [9.17, 15) is 9.90 Å². The summed E-state index contributed by atoms with van der Waals surface area (Å²) in [6.45, 7) is 12.9. The monoisotopic (exact) mass is 334 g/mol. The lowest BCUT2D eigenvalue weighted by atomic mass is 9.49. The van der Waals surface area contributed by atoms with Gasteiger partial charge in [0.2, 0.25) is 0 Å². The van der Waals surface area contributed by atoms with Gasteiger partial charge in [0, 0.05) is 6.08 Å². The molecule has 0 spiro atoms. The van der Waals surface area contributed by atoms with Crippen molar-refractivity contribution in [2.75, 3.05) is 6.61 Å². The number of aliphatic hydroxyl groups is 1. The summed E-state index contributed by atoms with van der Waals surface area (Å²) in [5, 5.41) is 10.6. The van der Waals surface area contributed by atoms with Gasteiger partial charge in [0.25, 0.3) is 0 Å². The first-order valence-corrected chi connectivity index (χ1v) is 9.47. The van der Waals surface area contributed by atoms with Crippen LogP contribution in [0.4, 0.5) is 0 Å². The zero-order valence-corrected chi connectivity index (χ0v) is 15.8. The van der Waals surface area contributed by atoms with Crippen LogP contribution in [0.1, 0.15) is 59.8 Å². The minimum absolute atomic E-state index is 0.205. The number of fused-ring (bicyclic) bond motifs is 1. The van der Waals surface area contributed by atoms with Gasteiger partial charge in [-0.3, -0.25) is 0 Å². The van der Waals surface area contributed by atoms with Crippen molar-refractivity contribution in [3.8, 4) is 0 Å². The average Bonchev–Trinajstić information content (AvgIpc) is 2.51. The number of carbonyl (C=O) groups is 1. The number of rotatable bonds is 5. The highest BCUT2D eigenvalue weighted by Gasteiger charge is 2.52. The van der Waals surface area contributed by atoms with Crippen molar-refractivity contribution >= 4 is 5.97 Å². The summed E-state index contributed by atoms with van der Waals surface area (Å²) in [5.41, 5.74) is 1.37. The van der Waals surface area contributed by atoms with Crippen LogP contribution in [0.5, 0.6) is 0 Å². The van der Waals surface area contributed by atoms with E-state index in [1.807, 2.05) is 13.0 Å². The van der Waals surface area contributed by atoms with Crippen molar-refractivity contribution < 1.29 is 14.6 Å². The Morgan fingerprint density at radius 3 is 2.75 bits per heavy atom. The minimum Gasteiger partial charge on any atom is -0.463 e. The zero-order chi connectivity index (χ0) is 17.9. The van der Waals surface area contributed by atoms with Gasteiger partial charge in [-0.25, -0.2) is 4.79 Å². The quantitative estimate of drug-likeness (QED) is 0.457. The number of esters is 1. The maximum Gasteiger partial charge on any atom is 0.330 e. The summed E-state index contributed by atoms with van der Waals surface area (Å²) in [5.74, 6) is 1.59. The number of hydrogen-bond donors (Lipinski definition) is 1. The first-order valence-electron chi connectivity index (χ1n) is 9.47. The third kappa shape index (κ3) is 3.77. The number of carbonyl (C=O) groups excluding carboxylic acids is 1. The molecular weight excluding hydrogens is 300 g/mol. The summed E-state index contributed by atoms with van der Waals surface area (Å²) < 4.78 is 5.06. The predicted octanol–water partition coefficient (Wildman–Crippen LogP) is 4.51. The lowest BCUT2D eigenvalue weighted by Crippen LogP contribution is -2.51. The molecule has 0 aromatic heterocycles. The fourth-order valence-electron chi connectivity index (χ4n) is 5.23. The second-order valence-corrected chi connectivity index (χ2v) is 8.12. The van der Waals surface area contributed by atoms with Gasteiger partial charge < -0.3 is 9.84 Å². The Labute approximate surface area is 147 Å². The molecule has 3 heteroatoms. The van der Waals surface area contributed by atoms with Gasteiger partial charge in [-0.1, -0.05) is 25.5 Å². The fourth-order valence-corrected chi connectivity index (χ4v) is 5.23. The van der Waals surface area contributed by atoms with Gasteiger partial charge in [-0.05, 0) is 75.0 Å². The van der Waals surface area contributed by atoms with Crippen LogP contribution >= 0.6 is 0 Å². The van der Waals surface area contributed by atoms with E-state index < -0.39 is 0 Å². The molecule has 136 valence electrons. The molecule has 0 bridgehead atoms. The van der Waals surface area contributed by atoms with Gasteiger partial charge in [0.15, 0.2) is 0 Å². The van der Waals surface area contributed by atoms with E-state index in [2.05, 4.69) is 27.4 Å². The number of aliphatic hydroxyl groups excluding tert-OH is 1. The van der Waals surface area contributed by atoms with Crippen molar-refractivity contribution in [3.63, 3.8) is 0 Å². The molecule has 1 N–H and O–H groups in total. The van der Waals surface area contributed by atoms with E-state index in [0.29, 0.717) is 30.3 Å². The van der Waals surface area contributed by atoms with Crippen molar-refractivity contribution in [1.82, 2.24) is 0 Å². The second kappa shape index (κ2) is 7.86. The summed E-state index contributed by atoms with van der Waals surface area (Å²) >= 11 is 0. The van der Waals surface area contributed by atoms with Gasteiger partial charge in [0.1, 0.15) is 0 Å². The smallest absolute Gasteiger partial charge is 0.330 e. The van der Waals surface area contributed by atoms with Crippen molar-refractivity contribution in [2.45, 2.75) is 65.9 Å². The Morgan fingerprint density at radius 2 is 2.12 bits per heavy atom. The largest absolute Gasteiger partial charge is 0.463 e. The Bertz CT molecular complexity index is 495. The lowest BCUT2D eigenvalue weighted by Gasteiger charge is -2.56. The topological polar surface area (TPSA) is 46.5 Å². The van der Waals surface area contributed by atoms with E-state index in [-0.39, 0.29) is 17.5 Å². The van der Waals surface area contributed by atoms with Crippen LogP contribution in [0.2, 0.25) is 0 Å². The molecule has 0 aliphatic heterocycles. The molecule has 0 unspecified atom stereocenters. The molecule has 6 atom stereocenters. The SMILES string of the molecule is C=CC[C@@H]1[C@H](O)C[C@@H](C)[C@]2(C)C[C@H](/C(C)=C/C(=O)OCC)CC[C@@H]12. The van der Waals surface area contributed by atoms with E-state index in [0.717, 1.165) is 37.7 Å². The summed E-state index contributed by atoms with van der Waals surface area (Å²) in [6, 6.07) is 0. The number of hydrogen-bond acceptors (Lipinski definition) is 3. The first-order chi connectivity index (χ1) is 11.3. The number of allylic oxidation sites excluding steroid dienone is 2. The Kier molecular flexibility index (Phi) is 6.30. The molecular formula is C21H34O3. The summed E-state index contributed by atoms with van der Waals surface area (Å²) in [7, 11) is 0. The van der Waals surface area contributed by atoms with Crippen LogP contribution in [0.3, 0.4) is 0 Å². The van der Waals surface area contributed by atoms with Crippen molar-refractivity contribution in [3.05, 3.63) is 24.3 Å². The summed E-state index contributed by atoms with van der Waals surface area (Å²) in [6.07, 6.45) is 8.52. The van der Waals surface area contributed by atoms with Crippen molar-refractivity contribution in [2.24, 2.45) is 29.1 Å². The van der Waals surface area contributed by atoms with Gasteiger partial charge in [-0.2, -0.15) is 0 Å². The van der Waals surface area contributed by atoms with E-state index >= 15 is 0 Å². The maximum atomic E-state index is 11.8. The highest BCUT2D eigenvalue weighted by atomic mass is 16.5. The van der Waals surface area contributed by atoms with Crippen LogP contribution < -0.4 is 0 Å². The second-order valence-electron chi connectivity index (χ2n) is 8.12. The van der Waals surface area contributed by atoms with Gasteiger partial charge in [0.05, 0.1) is 12.7 Å². The highest BCUT2D eigenvalue weighted by molar-refractivity contribution is 5.82. The standard InChI is InChI=1S/C21H34O3/c1-6-8-17-18-10-9-16(14(3)11-20(23)24-7-2)13-21(18,5)15(4)12-19(17)22/h6,11,15-19,22H,1,7-10,12-13H2,2-5H3/b14-11+/t15-,16-,17+,18+,19-,21+/m1/s1. The molecule has 0 saturated heterocycles. The van der Waals surface area contributed by atoms with Crippen LogP contribution in [0.15, 0.2) is 24.3 Å². The molecule has 2 aliphatic carbocycles. The Morgan fingerprint density at radius 1 is 1.42 bits per heavy atom. The third-order valence-corrected chi connectivity index (χ3v) is 6.81. The normalized spacial score (nSPS) is 39.9. The molecule has 0 aromatic rings. The molecule has 24 heavy (non-hydrogen) atoms. The van der Waals surface area contributed by atoms with Gasteiger partial charge >= 0.3 is 5.97 Å². The average molecular weight is 335 g/mol. The van der Waals surface area contributed by atoms with Crippen LogP contribution in [0, 0.1) is 29.1 Å². The van der Waals surface area contributed by atoms with Crippen LogP contribution in [0.25, 0.3) is 0 Å². The zero-order valence-electron chi connectivity index (χ0n) is 15.8. The minimum atomic E-state index is -0.223. The molecule has 2 fully saturated rings. The Hall–Kier alpha value is -1.09. The molecule has 2 saturated carbocycles. The van der Waals surface area contributed by atoms with E-state index in [1.165, 1.54) is 0 Å². The Balaban J connectivity index is 2.17. The molecule has 0 radical (unpaired) electrons. The highest BCUT2D eigenvalue weighted by Crippen LogP contribution is 2.58. The number of ether oxygens (including phenoxy) is 1. The molecule has 0 heterocycles. The maximum absolute atomic E-state index is 11.8. The van der Waals surface area contributed by atoms with E-state index in [4.69, 9.17) is 4.74 Å². The fraction of sp³-hybridized carbons (Fsp3) is 0.762. The molecule has 0 aromatic carbocycles. The van der Waals surface area contributed by atoms with Crippen LogP contribution in [-0.4, -0.2) is 23.8 Å². The van der Waals surface area contributed by atoms with Crippen LogP contribution in [-0.2, 0) is 9.53 Å². The molecule has 3 nitrogen and oxygen atoms in total. The van der Waals surface area contributed by atoms with Crippen molar-refractivity contribution in [1.29, 1.82) is 0 Å². The molecule has 0 amide bonds. The third-order valence-electron chi connectivity index (χ3n) is 6.81.